The molecule has 3 aromatic carbocycles. The Morgan fingerprint density at radius 2 is 1.50 bits per heavy atom. The average Bonchev–Trinajstić information content (AvgIpc) is 2.88. The first kappa shape index (κ1) is 25.1. The summed E-state index contributed by atoms with van der Waals surface area (Å²) in [6.07, 6.45) is 3.45. The number of hydrogen-bond acceptors (Lipinski definition) is 2. The molecule has 2 nitrogen and oxygen atoms in total. The number of pyridine rings is 2. The molecule has 0 bridgehead atoms. The van der Waals surface area contributed by atoms with Crippen LogP contribution in [0.1, 0.15) is 5.56 Å². The van der Waals surface area contributed by atoms with E-state index in [4.69, 9.17) is 0 Å². The summed E-state index contributed by atoms with van der Waals surface area (Å²) in [5.41, 5.74) is 5.36. The summed E-state index contributed by atoms with van der Waals surface area (Å²) in [5, 5.41) is 0. The van der Waals surface area contributed by atoms with Crippen molar-refractivity contribution in [2.24, 2.45) is 0 Å². The Bertz CT molecular complexity index is 1290. The first-order valence-electron chi connectivity index (χ1n) is 10.4. The molecule has 0 fully saturated rings. The van der Waals surface area contributed by atoms with Gasteiger partial charge in [-0.3, -0.25) is 4.39 Å². The van der Waals surface area contributed by atoms with Gasteiger partial charge >= 0.3 is 0 Å². The van der Waals surface area contributed by atoms with Crippen LogP contribution in [0.2, 0.25) is 0 Å². The number of aromatic nitrogens is 2. The second-order valence-electron chi connectivity index (χ2n) is 7.26. The van der Waals surface area contributed by atoms with E-state index in [2.05, 4.69) is 22.1 Å². The fourth-order valence-corrected chi connectivity index (χ4v) is 3.30. The van der Waals surface area contributed by atoms with E-state index >= 15 is 0 Å². The number of benzene rings is 3. The van der Waals surface area contributed by atoms with Crippen LogP contribution >= 0.6 is 0 Å². The fraction of sp³-hybridized carbons (Fsp3) is 0.0345. The van der Waals surface area contributed by atoms with Gasteiger partial charge in [0, 0.05) is 32.5 Å². The third kappa shape index (κ3) is 6.07. The molecule has 0 atom stereocenters. The predicted molar refractivity (Wildman–Crippen MR) is 127 cm³/mol. The van der Waals surface area contributed by atoms with Crippen molar-refractivity contribution in [1.29, 1.82) is 0 Å². The van der Waals surface area contributed by atoms with E-state index in [9.17, 15) is 8.78 Å². The zero-order chi connectivity index (χ0) is 23.0. The van der Waals surface area contributed by atoms with Gasteiger partial charge in [0.15, 0.2) is 0 Å². The number of halogens is 2. The summed E-state index contributed by atoms with van der Waals surface area (Å²) in [4.78, 5) is 8.42. The van der Waals surface area contributed by atoms with E-state index in [0.29, 0.717) is 5.69 Å². The average molecular weight is 627 g/mol. The van der Waals surface area contributed by atoms with Gasteiger partial charge in [0.05, 0.1) is 11.6 Å². The minimum absolute atomic E-state index is 0. The third-order valence-corrected chi connectivity index (χ3v) is 4.98. The molecule has 5 aromatic rings. The van der Waals surface area contributed by atoms with E-state index in [0.717, 1.165) is 34.0 Å². The molecule has 34 heavy (non-hydrogen) atoms. The molecule has 2 heterocycles. The van der Waals surface area contributed by atoms with Crippen molar-refractivity contribution in [1.82, 2.24) is 9.97 Å². The first-order valence-corrected chi connectivity index (χ1v) is 10.4. The molecular formula is C29H20F2IrN2-2. The van der Waals surface area contributed by atoms with Crippen LogP contribution in [-0.2, 0) is 20.1 Å². The monoisotopic (exact) mass is 627 g/mol. The first-order chi connectivity index (χ1) is 16.1. The van der Waals surface area contributed by atoms with Crippen LogP contribution < -0.4 is 0 Å². The molecule has 0 aliphatic carbocycles. The Labute approximate surface area is 211 Å². The van der Waals surface area contributed by atoms with Crippen molar-refractivity contribution in [3.63, 3.8) is 0 Å². The standard InChI is InChI=1S/C18H12F2N.C11H8N.Ir/c1-12-11-21-17(14-8-5-9-16(19)18(14)20)10-15(12)13-6-3-2-4-7-13;1-2-6-10(7-3-1)11-8-4-5-9-12-11;/h2-7,9-11H,1H3;1-6,8-9H;/q2*-1;. The Balaban J connectivity index is 0.000000212. The van der Waals surface area contributed by atoms with Gasteiger partial charge < -0.3 is 9.97 Å². The van der Waals surface area contributed by atoms with Crippen LogP contribution in [0, 0.1) is 30.7 Å². The molecule has 0 spiro atoms. The maximum Gasteiger partial charge on any atom is 0.0765 e. The maximum atomic E-state index is 13.9. The minimum atomic E-state index is -0.923. The van der Waals surface area contributed by atoms with Gasteiger partial charge in [-0.1, -0.05) is 54.1 Å². The van der Waals surface area contributed by atoms with Gasteiger partial charge in [-0.05, 0) is 41.1 Å². The van der Waals surface area contributed by atoms with Crippen molar-refractivity contribution in [2.75, 3.05) is 0 Å². The number of aryl methyl sites for hydroxylation is 1. The Kier molecular flexibility index (Phi) is 8.92. The van der Waals surface area contributed by atoms with Crippen LogP contribution in [-0.4, -0.2) is 9.97 Å². The van der Waals surface area contributed by atoms with Crippen LogP contribution in [0.25, 0.3) is 33.6 Å². The molecule has 5 heteroatoms. The molecule has 0 aliphatic heterocycles. The van der Waals surface area contributed by atoms with Crippen molar-refractivity contribution < 1.29 is 28.9 Å². The van der Waals surface area contributed by atoms with Gasteiger partial charge in [-0.25, -0.2) is 4.39 Å². The van der Waals surface area contributed by atoms with Crippen LogP contribution in [0.15, 0.2) is 103 Å². The molecule has 0 amide bonds. The summed E-state index contributed by atoms with van der Waals surface area (Å²) in [5.74, 6) is -1.82. The Morgan fingerprint density at radius 3 is 2.21 bits per heavy atom. The Hall–Kier alpha value is -3.53. The number of rotatable bonds is 3. The van der Waals surface area contributed by atoms with Crippen LogP contribution in [0.5, 0.6) is 0 Å². The summed E-state index contributed by atoms with van der Waals surface area (Å²) in [6, 6.07) is 33.4. The van der Waals surface area contributed by atoms with E-state index in [1.165, 1.54) is 6.07 Å². The van der Waals surface area contributed by atoms with E-state index in [1.807, 2.05) is 79.7 Å². The smallest absolute Gasteiger partial charge is 0.0765 e. The third-order valence-electron chi connectivity index (χ3n) is 4.98. The largest absolute Gasteiger partial charge is 0.305 e. The number of nitrogens with zero attached hydrogens (tertiary/aromatic N) is 2. The topological polar surface area (TPSA) is 25.8 Å². The molecule has 0 saturated carbocycles. The fourth-order valence-electron chi connectivity index (χ4n) is 3.30. The Morgan fingerprint density at radius 1 is 0.735 bits per heavy atom. The molecule has 0 aliphatic rings. The second-order valence-corrected chi connectivity index (χ2v) is 7.26. The number of hydrogen-bond donors (Lipinski definition) is 0. The molecule has 0 unspecified atom stereocenters. The molecule has 5 rings (SSSR count). The molecule has 0 saturated heterocycles. The maximum absolute atomic E-state index is 13.9. The van der Waals surface area contributed by atoms with Crippen molar-refractivity contribution in [3.8, 4) is 33.6 Å². The van der Waals surface area contributed by atoms with E-state index in [1.54, 1.807) is 18.5 Å². The SMILES string of the molecule is Cc1cnc(-c2[c-]ccc(F)c2F)cc1-c1ccccc1.[Ir].[c-]1ccccc1-c1ccccn1. The second kappa shape index (κ2) is 12.1. The summed E-state index contributed by atoms with van der Waals surface area (Å²) >= 11 is 0. The molecule has 2 aromatic heterocycles. The summed E-state index contributed by atoms with van der Waals surface area (Å²) < 4.78 is 27.2. The van der Waals surface area contributed by atoms with Gasteiger partial charge in [-0.2, -0.15) is 0 Å². The van der Waals surface area contributed by atoms with Gasteiger partial charge in [0.25, 0.3) is 0 Å². The van der Waals surface area contributed by atoms with Crippen LogP contribution in [0.4, 0.5) is 8.78 Å². The molecule has 0 N–H and O–H groups in total. The van der Waals surface area contributed by atoms with Gasteiger partial charge in [0.2, 0.25) is 0 Å². The summed E-state index contributed by atoms with van der Waals surface area (Å²) in [7, 11) is 0. The normalized spacial score (nSPS) is 9.97. The zero-order valence-electron chi connectivity index (χ0n) is 18.3. The molecular weight excluding hydrogens is 607 g/mol. The van der Waals surface area contributed by atoms with E-state index < -0.39 is 11.6 Å². The van der Waals surface area contributed by atoms with E-state index in [-0.39, 0.29) is 25.7 Å². The summed E-state index contributed by atoms with van der Waals surface area (Å²) in [6.45, 7) is 1.94. The predicted octanol–water partition coefficient (Wildman–Crippen LogP) is 7.35. The molecule has 1 radical (unpaired) electrons. The van der Waals surface area contributed by atoms with Crippen molar-refractivity contribution in [3.05, 3.63) is 133 Å². The zero-order valence-corrected chi connectivity index (χ0v) is 20.7. The van der Waals surface area contributed by atoms with Gasteiger partial charge in [-0.15, -0.1) is 54.1 Å². The van der Waals surface area contributed by atoms with Gasteiger partial charge in [0.1, 0.15) is 0 Å². The molecule has 171 valence electrons. The van der Waals surface area contributed by atoms with Crippen LogP contribution in [0.3, 0.4) is 0 Å². The van der Waals surface area contributed by atoms with Crippen molar-refractivity contribution in [2.45, 2.75) is 6.92 Å². The quantitative estimate of drug-likeness (QED) is 0.196. The minimum Gasteiger partial charge on any atom is -0.305 e. The van der Waals surface area contributed by atoms with Crippen molar-refractivity contribution >= 4 is 0 Å².